The number of anilines is 2. The lowest BCUT2D eigenvalue weighted by atomic mass is 9.83. The molecule has 0 aliphatic carbocycles. The van der Waals surface area contributed by atoms with Crippen molar-refractivity contribution >= 4 is 11.4 Å². The molecule has 1 heterocycles. The lowest BCUT2D eigenvalue weighted by Crippen LogP contribution is -2.41. The number of nitrogens with zero attached hydrogens (tertiary/aromatic N) is 1. The van der Waals surface area contributed by atoms with Gasteiger partial charge in [-0.05, 0) is 30.4 Å². The van der Waals surface area contributed by atoms with Crippen LogP contribution >= 0.6 is 0 Å². The molecule has 0 bridgehead atoms. The Balaban J connectivity index is 2.53. The van der Waals surface area contributed by atoms with E-state index < -0.39 is 17.6 Å². The van der Waals surface area contributed by atoms with Gasteiger partial charge in [-0.3, -0.25) is 0 Å². The molecular formula is C14H18F4N2. The fourth-order valence-corrected chi connectivity index (χ4v) is 2.81. The van der Waals surface area contributed by atoms with E-state index in [0.29, 0.717) is 13.1 Å². The molecule has 6 heteroatoms. The second kappa shape index (κ2) is 4.82. The average Bonchev–Trinajstić information content (AvgIpc) is 2.28. The van der Waals surface area contributed by atoms with Crippen molar-refractivity contribution in [2.45, 2.75) is 32.9 Å². The quantitative estimate of drug-likeness (QED) is 0.624. The van der Waals surface area contributed by atoms with E-state index in [0.717, 1.165) is 18.9 Å². The number of hydrogen-bond acceptors (Lipinski definition) is 2. The normalized spacial score (nSPS) is 19.2. The molecule has 1 aliphatic rings. The van der Waals surface area contributed by atoms with Crippen LogP contribution in [0.15, 0.2) is 12.1 Å². The summed E-state index contributed by atoms with van der Waals surface area (Å²) in [5.74, 6) is -1.27. The number of nitrogens with two attached hydrogens (primary N) is 1. The highest BCUT2D eigenvalue weighted by molar-refractivity contribution is 5.73. The number of nitrogen functional groups attached to an aromatic ring is 1. The number of hydrogen-bond donors (Lipinski definition) is 1. The third-order valence-electron chi connectivity index (χ3n) is 3.66. The van der Waals surface area contributed by atoms with Gasteiger partial charge in [0.1, 0.15) is 11.4 Å². The molecular weight excluding hydrogens is 272 g/mol. The molecule has 0 aromatic heterocycles. The van der Waals surface area contributed by atoms with Crippen molar-refractivity contribution in [3.8, 4) is 0 Å². The summed E-state index contributed by atoms with van der Waals surface area (Å²) in [4.78, 5) is 1.56. The lowest BCUT2D eigenvalue weighted by Gasteiger charge is -2.40. The first-order valence-electron chi connectivity index (χ1n) is 6.52. The predicted molar refractivity (Wildman–Crippen MR) is 71.0 cm³/mol. The van der Waals surface area contributed by atoms with E-state index in [4.69, 9.17) is 5.73 Å². The molecule has 0 unspecified atom stereocenters. The van der Waals surface area contributed by atoms with Gasteiger partial charge in [0.25, 0.3) is 0 Å². The number of piperidine rings is 1. The Bertz CT molecular complexity index is 509. The molecule has 1 saturated heterocycles. The van der Waals surface area contributed by atoms with E-state index in [2.05, 4.69) is 0 Å². The molecule has 0 atom stereocenters. The summed E-state index contributed by atoms with van der Waals surface area (Å²) in [7, 11) is 0. The van der Waals surface area contributed by atoms with E-state index in [1.54, 1.807) is 4.90 Å². The minimum atomic E-state index is -4.75. The second-order valence-electron chi connectivity index (χ2n) is 6.05. The van der Waals surface area contributed by atoms with E-state index in [-0.39, 0.29) is 16.8 Å². The topological polar surface area (TPSA) is 29.3 Å². The standard InChI is InChI=1S/C14H18F4N2/c1-13(2)6-3-7-20(8-13)12-10(19)5-4-9(15)11(12)14(16,17)18/h4-5H,3,6-8,19H2,1-2H3. The van der Waals surface area contributed by atoms with Crippen molar-refractivity contribution in [3.63, 3.8) is 0 Å². The van der Waals surface area contributed by atoms with E-state index in [1.165, 1.54) is 6.07 Å². The van der Waals surface area contributed by atoms with Gasteiger partial charge in [0.15, 0.2) is 0 Å². The highest BCUT2D eigenvalue weighted by Gasteiger charge is 2.40. The highest BCUT2D eigenvalue weighted by Crippen LogP contribution is 2.44. The summed E-state index contributed by atoms with van der Waals surface area (Å²) in [5, 5.41) is 0. The van der Waals surface area contributed by atoms with Gasteiger partial charge in [0.05, 0.1) is 11.4 Å². The molecule has 20 heavy (non-hydrogen) atoms. The van der Waals surface area contributed by atoms with E-state index in [1.807, 2.05) is 13.8 Å². The van der Waals surface area contributed by atoms with Crippen LogP contribution in [0.3, 0.4) is 0 Å². The third-order valence-corrected chi connectivity index (χ3v) is 3.66. The minimum Gasteiger partial charge on any atom is -0.397 e. The van der Waals surface area contributed by atoms with Gasteiger partial charge in [-0.1, -0.05) is 13.8 Å². The second-order valence-corrected chi connectivity index (χ2v) is 6.05. The van der Waals surface area contributed by atoms with Crippen LogP contribution in [0, 0.1) is 11.2 Å². The zero-order valence-electron chi connectivity index (χ0n) is 11.5. The summed E-state index contributed by atoms with van der Waals surface area (Å²) in [6.45, 7) is 4.87. The van der Waals surface area contributed by atoms with Gasteiger partial charge in [0.2, 0.25) is 0 Å². The maximum Gasteiger partial charge on any atom is 0.421 e. The molecule has 1 aromatic rings. The Labute approximate surface area is 115 Å². The minimum absolute atomic E-state index is 0.0311. The molecule has 1 aromatic carbocycles. The van der Waals surface area contributed by atoms with Crippen LogP contribution in [0.2, 0.25) is 0 Å². The Hall–Kier alpha value is -1.46. The SMILES string of the molecule is CC1(C)CCCN(c2c(N)ccc(F)c2C(F)(F)F)C1. The monoisotopic (exact) mass is 290 g/mol. The summed E-state index contributed by atoms with van der Waals surface area (Å²) >= 11 is 0. The van der Waals surface area contributed by atoms with Crippen LogP contribution in [-0.4, -0.2) is 13.1 Å². The summed E-state index contributed by atoms with van der Waals surface area (Å²) in [5.41, 5.74) is 4.08. The summed E-state index contributed by atoms with van der Waals surface area (Å²) in [6.07, 6.45) is -3.06. The molecule has 112 valence electrons. The smallest absolute Gasteiger partial charge is 0.397 e. The fourth-order valence-electron chi connectivity index (χ4n) is 2.81. The predicted octanol–water partition coefficient (Wildman–Crippen LogP) is 4.05. The number of halogens is 4. The zero-order chi connectivity index (χ0) is 15.1. The van der Waals surface area contributed by atoms with Gasteiger partial charge < -0.3 is 10.6 Å². The van der Waals surface area contributed by atoms with Crippen molar-refractivity contribution in [2.24, 2.45) is 5.41 Å². The van der Waals surface area contributed by atoms with Crippen LogP contribution < -0.4 is 10.6 Å². The molecule has 0 radical (unpaired) electrons. The van der Waals surface area contributed by atoms with Gasteiger partial charge in [-0.25, -0.2) is 4.39 Å². The Morgan fingerprint density at radius 1 is 1.25 bits per heavy atom. The van der Waals surface area contributed by atoms with E-state index >= 15 is 0 Å². The molecule has 2 nitrogen and oxygen atoms in total. The highest BCUT2D eigenvalue weighted by atomic mass is 19.4. The van der Waals surface area contributed by atoms with Gasteiger partial charge in [0, 0.05) is 13.1 Å². The molecule has 1 fully saturated rings. The number of rotatable bonds is 1. The van der Waals surface area contributed by atoms with E-state index in [9.17, 15) is 17.6 Å². The molecule has 0 saturated carbocycles. The van der Waals surface area contributed by atoms with Crippen LogP contribution in [-0.2, 0) is 6.18 Å². The molecule has 0 spiro atoms. The molecule has 2 N–H and O–H groups in total. The van der Waals surface area contributed by atoms with Crippen LogP contribution in [0.4, 0.5) is 28.9 Å². The Kier molecular flexibility index (Phi) is 3.60. The maximum absolute atomic E-state index is 13.7. The van der Waals surface area contributed by atoms with Crippen molar-refractivity contribution in [1.29, 1.82) is 0 Å². The Morgan fingerprint density at radius 2 is 1.90 bits per heavy atom. The number of benzene rings is 1. The first-order chi connectivity index (χ1) is 9.12. The maximum atomic E-state index is 13.7. The average molecular weight is 290 g/mol. The summed E-state index contributed by atoms with van der Waals surface area (Å²) < 4.78 is 53.0. The van der Waals surface area contributed by atoms with Crippen LogP contribution in [0.1, 0.15) is 32.3 Å². The fraction of sp³-hybridized carbons (Fsp3) is 0.571. The first-order valence-corrected chi connectivity index (χ1v) is 6.52. The van der Waals surface area contributed by atoms with Crippen LogP contribution in [0.25, 0.3) is 0 Å². The van der Waals surface area contributed by atoms with Crippen molar-refractivity contribution in [2.75, 3.05) is 23.7 Å². The van der Waals surface area contributed by atoms with Crippen LogP contribution in [0.5, 0.6) is 0 Å². The third kappa shape index (κ3) is 2.83. The Morgan fingerprint density at radius 3 is 2.45 bits per heavy atom. The van der Waals surface area contributed by atoms with Crippen molar-refractivity contribution < 1.29 is 17.6 Å². The largest absolute Gasteiger partial charge is 0.421 e. The molecule has 2 rings (SSSR count). The first kappa shape index (κ1) is 14.9. The van der Waals surface area contributed by atoms with Gasteiger partial charge in [-0.2, -0.15) is 13.2 Å². The molecule has 1 aliphatic heterocycles. The number of alkyl halides is 3. The molecule has 0 amide bonds. The lowest BCUT2D eigenvalue weighted by molar-refractivity contribution is -0.139. The van der Waals surface area contributed by atoms with Gasteiger partial charge >= 0.3 is 6.18 Å². The van der Waals surface area contributed by atoms with Gasteiger partial charge in [-0.15, -0.1) is 0 Å². The zero-order valence-corrected chi connectivity index (χ0v) is 11.5. The summed E-state index contributed by atoms with van der Waals surface area (Å²) in [6, 6.07) is 1.97. The van der Waals surface area contributed by atoms with Crippen molar-refractivity contribution in [1.82, 2.24) is 0 Å². The van der Waals surface area contributed by atoms with Crippen molar-refractivity contribution in [3.05, 3.63) is 23.5 Å².